The van der Waals surface area contributed by atoms with Crippen LogP contribution in [0.5, 0.6) is 0 Å². The number of piperidine rings is 1. The van der Waals surface area contributed by atoms with Crippen molar-refractivity contribution in [2.75, 3.05) is 40.0 Å². The molecule has 0 unspecified atom stereocenters. The Hall–Kier alpha value is -2.42. The van der Waals surface area contributed by atoms with Crippen molar-refractivity contribution in [1.82, 2.24) is 15.5 Å². The van der Waals surface area contributed by atoms with Gasteiger partial charge in [0.25, 0.3) is 0 Å². The van der Waals surface area contributed by atoms with Gasteiger partial charge in [-0.25, -0.2) is 9.59 Å². The van der Waals surface area contributed by atoms with E-state index >= 15 is 0 Å². The van der Waals surface area contributed by atoms with Gasteiger partial charge >= 0.3 is 12.0 Å². The summed E-state index contributed by atoms with van der Waals surface area (Å²) >= 11 is 0. The van der Waals surface area contributed by atoms with Crippen LogP contribution in [-0.2, 0) is 19.0 Å². The van der Waals surface area contributed by atoms with Crippen molar-refractivity contribution >= 4 is 12.0 Å². The maximum Gasteiger partial charge on any atom is 0.338 e. The van der Waals surface area contributed by atoms with Gasteiger partial charge < -0.3 is 24.8 Å². The zero-order chi connectivity index (χ0) is 19.6. The topological polar surface area (TPSA) is 89.1 Å². The molecule has 0 radical (unpaired) electrons. The van der Waals surface area contributed by atoms with E-state index in [0.717, 1.165) is 31.5 Å². The molecule has 0 saturated carbocycles. The standard InChI is InChI=1S/C20H25N3O5/c1-26-18(24)16-15(13-23-9-7-20(8-10-23)27-11-12-28-20)21-19(25)22-17(16)14-5-3-2-4-6-14/h2-6,17H,7-13H2,1H3,(H2,21,22,25)/t17-/m0/s1. The zero-order valence-corrected chi connectivity index (χ0v) is 15.9. The molecular formula is C20H25N3O5. The first-order valence-electron chi connectivity index (χ1n) is 9.54. The molecule has 1 aromatic carbocycles. The minimum Gasteiger partial charge on any atom is -0.466 e. The number of hydrogen-bond donors (Lipinski definition) is 2. The first-order chi connectivity index (χ1) is 13.6. The lowest BCUT2D eigenvalue weighted by Crippen LogP contribution is -2.51. The first kappa shape index (κ1) is 18.9. The lowest BCUT2D eigenvalue weighted by molar-refractivity contribution is -0.184. The summed E-state index contributed by atoms with van der Waals surface area (Å²) in [6, 6.07) is 8.55. The number of nitrogens with zero attached hydrogens (tertiary/aromatic N) is 1. The van der Waals surface area contributed by atoms with E-state index in [0.29, 0.717) is 31.0 Å². The number of carbonyl (C=O) groups is 2. The van der Waals surface area contributed by atoms with Gasteiger partial charge in [0.2, 0.25) is 0 Å². The highest BCUT2D eigenvalue weighted by Gasteiger charge is 2.41. The molecule has 0 aliphatic carbocycles. The van der Waals surface area contributed by atoms with Crippen LogP contribution in [0.4, 0.5) is 4.79 Å². The molecule has 0 bridgehead atoms. The second-order valence-electron chi connectivity index (χ2n) is 7.21. The van der Waals surface area contributed by atoms with Crippen LogP contribution in [0.25, 0.3) is 0 Å². The number of urea groups is 1. The fourth-order valence-electron chi connectivity index (χ4n) is 4.05. The van der Waals surface area contributed by atoms with Gasteiger partial charge in [-0.2, -0.15) is 0 Å². The first-order valence-corrected chi connectivity index (χ1v) is 9.54. The molecule has 0 aromatic heterocycles. The van der Waals surface area contributed by atoms with Crippen LogP contribution in [0.15, 0.2) is 41.6 Å². The Morgan fingerprint density at radius 3 is 2.54 bits per heavy atom. The number of nitrogens with one attached hydrogen (secondary N) is 2. The SMILES string of the molecule is COC(=O)C1=C(CN2CCC3(CC2)OCCO3)NC(=O)N[C@H]1c1ccccc1. The molecule has 3 aliphatic heterocycles. The molecule has 1 spiro atoms. The summed E-state index contributed by atoms with van der Waals surface area (Å²) in [5, 5.41) is 5.65. The monoisotopic (exact) mass is 387 g/mol. The predicted octanol–water partition coefficient (Wildman–Crippen LogP) is 1.31. The van der Waals surface area contributed by atoms with Crippen molar-refractivity contribution in [3.63, 3.8) is 0 Å². The summed E-state index contributed by atoms with van der Waals surface area (Å²) in [6.45, 7) is 3.25. The molecule has 1 aromatic rings. The lowest BCUT2D eigenvalue weighted by atomic mass is 9.94. The van der Waals surface area contributed by atoms with Crippen molar-refractivity contribution in [3.8, 4) is 0 Å². The van der Waals surface area contributed by atoms with Crippen molar-refractivity contribution < 1.29 is 23.8 Å². The minimum absolute atomic E-state index is 0.326. The number of hydrogen-bond acceptors (Lipinski definition) is 6. The van der Waals surface area contributed by atoms with Crippen LogP contribution in [0.2, 0.25) is 0 Å². The predicted molar refractivity (Wildman–Crippen MR) is 100 cm³/mol. The summed E-state index contributed by atoms with van der Waals surface area (Å²) in [6.07, 6.45) is 1.53. The summed E-state index contributed by atoms with van der Waals surface area (Å²) in [7, 11) is 1.35. The van der Waals surface area contributed by atoms with Crippen molar-refractivity contribution in [3.05, 3.63) is 47.2 Å². The summed E-state index contributed by atoms with van der Waals surface area (Å²) in [5.74, 6) is -0.910. The van der Waals surface area contributed by atoms with Crippen LogP contribution < -0.4 is 10.6 Å². The Bertz CT molecular complexity index is 763. The average molecular weight is 387 g/mol. The summed E-state index contributed by atoms with van der Waals surface area (Å²) in [5.41, 5.74) is 1.84. The number of carbonyl (C=O) groups excluding carboxylic acids is 2. The second-order valence-corrected chi connectivity index (χ2v) is 7.21. The van der Waals surface area contributed by atoms with Gasteiger partial charge in [0, 0.05) is 38.2 Å². The van der Waals surface area contributed by atoms with Crippen molar-refractivity contribution in [1.29, 1.82) is 0 Å². The molecule has 8 nitrogen and oxygen atoms in total. The van der Waals surface area contributed by atoms with E-state index in [1.807, 2.05) is 30.3 Å². The van der Waals surface area contributed by atoms with Gasteiger partial charge in [-0.3, -0.25) is 4.90 Å². The highest BCUT2D eigenvalue weighted by Crippen LogP contribution is 2.32. The van der Waals surface area contributed by atoms with Gasteiger partial charge in [-0.05, 0) is 5.56 Å². The fraction of sp³-hybridized carbons (Fsp3) is 0.500. The quantitative estimate of drug-likeness (QED) is 0.758. The van der Waals surface area contributed by atoms with Gasteiger partial charge in [-0.15, -0.1) is 0 Å². The number of rotatable bonds is 4. The highest BCUT2D eigenvalue weighted by atomic mass is 16.7. The molecule has 8 heteroatoms. The van der Waals surface area contributed by atoms with Crippen LogP contribution >= 0.6 is 0 Å². The Balaban J connectivity index is 1.57. The Morgan fingerprint density at radius 2 is 1.89 bits per heavy atom. The number of benzene rings is 1. The molecule has 4 rings (SSSR count). The number of ether oxygens (including phenoxy) is 3. The Labute approximate surface area is 163 Å². The molecule has 28 heavy (non-hydrogen) atoms. The molecule has 2 fully saturated rings. The zero-order valence-electron chi connectivity index (χ0n) is 15.9. The number of amides is 2. The second kappa shape index (κ2) is 7.90. The molecule has 3 aliphatic rings. The molecule has 2 N–H and O–H groups in total. The van der Waals surface area contributed by atoms with E-state index in [9.17, 15) is 9.59 Å². The maximum atomic E-state index is 12.6. The van der Waals surface area contributed by atoms with Crippen molar-refractivity contribution in [2.45, 2.75) is 24.7 Å². The smallest absolute Gasteiger partial charge is 0.338 e. The van der Waals surface area contributed by atoms with E-state index in [2.05, 4.69) is 15.5 Å². The fourth-order valence-corrected chi connectivity index (χ4v) is 4.05. The molecule has 3 heterocycles. The molecule has 2 saturated heterocycles. The van der Waals surface area contributed by atoms with Gasteiger partial charge in [0.15, 0.2) is 5.79 Å². The summed E-state index contributed by atoms with van der Waals surface area (Å²) < 4.78 is 16.6. The largest absolute Gasteiger partial charge is 0.466 e. The molecule has 150 valence electrons. The molecule has 1 atom stereocenters. The van der Waals surface area contributed by atoms with Crippen LogP contribution in [0, 0.1) is 0 Å². The molecular weight excluding hydrogens is 362 g/mol. The van der Waals surface area contributed by atoms with Gasteiger partial charge in [-0.1, -0.05) is 30.3 Å². The average Bonchev–Trinajstić information content (AvgIpc) is 3.18. The minimum atomic E-state index is -0.546. The van der Waals surface area contributed by atoms with Crippen molar-refractivity contribution in [2.24, 2.45) is 0 Å². The van der Waals surface area contributed by atoms with E-state index in [4.69, 9.17) is 14.2 Å². The Morgan fingerprint density at radius 1 is 1.21 bits per heavy atom. The number of esters is 1. The number of likely N-dealkylation sites (tertiary alicyclic amines) is 1. The maximum absolute atomic E-state index is 12.6. The van der Waals surface area contributed by atoms with Crippen LogP contribution in [0.3, 0.4) is 0 Å². The third kappa shape index (κ3) is 3.76. The van der Waals surface area contributed by atoms with E-state index in [-0.39, 0.29) is 6.03 Å². The third-order valence-electron chi connectivity index (χ3n) is 5.51. The summed E-state index contributed by atoms with van der Waals surface area (Å²) in [4.78, 5) is 27.1. The lowest BCUT2D eigenvalue weighted by Gasteiger charge is -2.39. The number of methoxy groups -OCH3 is 1. The van der Waals surface area contributed by atoms with Crippen LogP contribution in [-0.4, -0.2) is 62.6 Å². The van der Waals surface area contributed by atoms with Crippen LogP contribution in [0.1, 0.15) is 24.4 Å². The van der Waals surface area contributed by atoms with E-state index in [1.165, 1.54) is 7.11 Å². The Kier molecular flexibility index (Phi) is 5.34. The normalized spacial score (nSPS) is 24.8. The van der Waals surface area contributed by atoms with Gasteiger partial charge in [0.1, 0.15) is 0 Å². The third-order valence-corrected chi connectivity index (χ3v) is 5.51. The van der Waals surface area contributed by atoms with E-state index < -0.39 is 17.8 Å². The highest BCUT2D eigenvalue weighted by molar-refractivity contribution is 5.95. The van der Waals surface area contributed by atoms with Gasteiger partial charge in [0.05, 0.1) is 31.9 Å². The molecule has 2 amide bonds. The van der Waals surface area contributed by atoms with E-state index in [1.54, 1.807) is 0 Å².